The lowest BCUT2D eigenvalue weighted by molar-refractivity contribution is -0.137. The van der Waals surface area contributed by atoms with Crippen molar-refractivity contribution in [1.82, 2.24) is 0 Å². The Morgan fingerprint density at radius 1 is 1.08 bits per heavy atom. The standard InChI is InChI=1S/C18H31NO2S3/c1-3-4-5-6-7-8-9-10-11-12-13-23-17(22)24-18(2,15-19)14-16(20)21/h3-14H2,1-2H3,(H,20,21). The summed E-state index contributed by atoms with van der Waals surface area (Å²) >= 11 is 8.06. The summed E-state index contributed by atoms with van der Waals surface area (Å²) in [6, 6.07) is 2.06. The maximum Gasteiger partial charge on any atom is 0.305 e. The van der Waals surface area contributed by atoms with E-state index in [1.165, 1.54) is 69.5 Å². The molecule has 0 saturated carbocycles. The number of hydrogen-bond donors (Lipinski definition) is 1. The van der Waals surface area contributed by atoms with Crippen LogP contribution in [0.25, 0.3) is 0 Å². The van der Waals surface area contributed by atoms with Gasteiger partial charge in [-0.1, -0.05) is 88.7 Å². The first-order chi connectivity index (χ1) is 11.4. The summed E-state index contributed by atoms with van der Waals surface area (Å²) in [5.41, 5.74) is 0. The zero-order chi connectivity index (χ0) is 18.3. The normalized spacial score (nSPS) is 13.2. The third kappa shape index (κ3) is 14.1. The summed E-state index contributed by atoms with van der Waals surface area (Å²) in [5, 5.41) is 18.0. The highest BCUT2D eigenvalue weighted by Gasteiger charge is 2.29. The number of nitrogens with zero attached hydrogens (tertiary/aromatic N) is 1. The lowest BCUT2D eigenvalue weighted by Crippen LogP contribution is -2.23. The summed E-state index contributed by atoms with van der Waals surface area (Å²) in [4.78, 5) is 10.8. The third-order valence-electron chi connectivity index (χ3n) is 3.75. The fraction of sp³-hybridized carbons (Fsp3) is 0.833. The molecule has 0 fully saturated rings. The van der Waals surface area contributed by atoms with Gasteiger partial charge < -0.3 is 5.11 Å². The van der Waals surface area contributed by atoms with E-state index in [2.05, 4.69) is 13.0 Å². The van der Waals surface area contributed by atoms with Crippen molar-refractivity contribution in [2.75, 3.05) is 5.75 Å². The Hall–Kier alpha value is -0.250. The van der Waals surface area contributed by atoms with Crippen LogP contribution in [0.2, 0.25) is 0 Å². The Kier molecular flexibility index (Phi) is 14.9. The molecule has 0 heterocycles. The highest BCUT2D eigenvalue weighted by Crippen LogP contribution is 2.33. The first kappa shape index (κ1) is 23.8. The van der Waals surface area contributed by atoms with Gasteiger partial charge in [-0.2, -0.15) is 5.26 Å². The monoisotopic (exact) mass is 389 g/mol. The predicted molar refractivity (Wildman–Crippen MR) is 111 cm³/mol. The van der Waals surface area contributed by atoms with E-state index in [4.69, 9.17) is 22.6 Å². The van der Waals surface area contributed by atoms with E-state index in [1.54, 1.807) is 18.7 Å². The number of carboxylic acid groups (broad SMARTS) is 1. The Balaban J connectivity index is 3.59. The number of rotatable bonds is 14. The van der Waals surface area contributed by atoms with Crippen molar-refractivity contribution in [3.8, 4) is 6.07 Å². The molecule has 0 aromatic heterocycles. The second kappa shape index (κ2) is 15.0. The zero-order valence-electron chi connectivity index (χ0n) is 15.0. The number of thiocarbonyl (C=S) groups is 1. The van der Waals surface area contributed by atoms with E-state index in [0.717, 1.165) is 12.2 Å². The number of hydrogen-bond acceptors (Lipinski definition) is 5. The van der Waals surface area contributed by atoms with Gasteiger partial charge in [-0.05, 0) is 19.1 Å². The van der Waals surface area contributed by atoms with E-state index in [1.807, 2.05) is 0 Å². The number of nitriles is 1. The number of aliphatic carboxylic acids is 1. The lowest BCUT2D eigenvalue weighted by atomic mass is 10.1. The average molecular weight is 390 g/mol. The van der Waals surface area contributed by atoms with Crippen LogP contribution in [0, 0.1) is 11.3 Å². The molecule has 3 nitrogen and oxygen atoms in total. The fourth-order valence-corrected chi connectivity index (χ4v) is 5.31. The van der Waals surface area contributed by atoms with Crippen LogP contribution in [0.4, 0.5) is 0 Å². The predicted octanol–water partition coefficient (Wildman–Crippen LogP) is 6.42. The van der Waals surface area contributed by atoms with Crippen molar-refractivity contribution in [1.29, 1.82) is 5.26 Å². The molecule has 24 heavy (non-hydrogen) atoms. The second-order valence-corrected chi connectivity index (χ2v) is 10.1. The summed E-state index contributed by atoms with van der Waals surface area (Å²) in [6.07, 6.45) is 12.9. The van der Waals surface area contributed by atoms with Crippen LogP contribution in [0.1, 0.15) is 84.5 Å². The minimum atomic E-state index is -0.965. The highest BCUT2D eigenvalue weighted by atomic mass is 32.2. The largest absolute Gasteiger partial charge is 0.481 e. The number of unbranched alkanes of at least 4 members (excludes halogenated alkanes) is 9. The highest BCUT2D eigenvalue weighted by molar-refractivity contribution is 8.47. The molecule has 1 unspecified atom stereocenters. The van der Waals surface area contributed by atoms with Crippen molar-refractivity contribution in [3.05, 3.63) is 0 Å². The molecule has 0 saturated heterocycles. The topological polar surface area (TPSA) is 61.1 Å². The van der Waals surface area contributed by atoms with Gasteiger partial charge >= 0.3 is 5.97 Å². The van der Waals surface area contributed by atoms with Gasteiger partial charge in [-0.15, -0.1) is 11.8 Å². The number of thioether (sulfide) groups is 2. The van der Waals surface area contributed by atoms with Crippen molar-refractivity contribution in [2.45, 2.75) is 89.2 Å². The number of carboxylic acids is 1. The summed E-state index contributed by atoms with van der Waals surface area (Å²) < 4.78 is -0.288. The zero-order valence-corrected chi connectivity index (χ0v) is 17.5. The van der Waals surface area contributed by atoms with Gasteiger partial charge in [0.1, 0.15) is 8.28 Å². The van der Waals surface area contributed by atoms with E-state index in [-0.39, 0.29) is 6.42 Å². The van der Waals surface area contributed by atoms with E-state index in [9.17, 15) is 4.79 Å². The summed E-state index contributed by atoms with van der Waals surface area (Å²) in [5.74, 6) is -0.00858. The third-order valence-corrected chi connectivity index (χ3v) is 6.54. The molecule has 1 atom stereocenters. The average Bonchev–Trinajstić information content (AvgIpc) is 2.51. The van der Waals surface area contributed by atoms with Crippen LogP contribution >= 0.6 is 35.7 Å². The van der Waals surface area contributed by atoms with Gasteiger partial charge in [-0.25, -0.2) is 0 Å². The first-order valence-corrected chi connectivity index (χ1v) is 11.1. The molecule has 0 aliphatic carbocycles. The Morgan fingerprint density at radius 2 is 1.58 bits per heavy atom. The van der Waals surface area contributed by atoms with Gasteiger partial charge in [0.05, 0.1) is 12.5 Å². The first-order valence-electron chi connectivity index (χ1n) is 8.92. The summed E-state index contributed by atoms with van der Waals surface area (Å²) in [7, 11) is 0. The van der Waals surface area contributed by atoms with Gasteiger partial charge in [0.25, 0.3) is 0 Å². The fourth-order valence-electron chi connectivity index (χ4n) is 2.35. The molecule has 0 spiro atoms. The van der Waals surface area contributed by atoms with Gasteiger partial charge in [0.2, 0.25) is 0 Å². The van der Waals surface area contributed by atoms with Crippen molar-refractivity contribution in [3.63, 3.8) is 0 Å². The van der Waals surface area contributed by atoms with Crippen LogP contribution in [0.5, 0.6) is 0 Å². The van der Waals surface area contributed by atoms with Crippen LogP contribution in [0.15, 0.2) is 0 Å². The van der Waals surface area contributed by atoms with E-state index >= 15 is 0 Å². The molecule has 0 aliphatic rings. The van der Waals surface area contributed by atoms with Crippen molar-refractivity contribution < 1.29 is 9.90 Å². The minimum absolute atomic E-state index is 0.187. The number of carbonyl (C=O) groups is 1. The minimum Gasteiger partial charge on any atom is -0.481 e. The molecule has 6 heteroatoms. The van der Waals surface area contributed by atoms with Gasteiger partial charge in [-0.3, -0.25) is 4.79 Å². The Labute approximate surface area is 161 Å². The second-order valence-electron chi connectivity index (χ2n) is 6.30. The molecule has 0 amide bonds. The molecule has 1 N–H and O–H groups in total. The smallest absolute Gasteiger partial charge is 0.305 e. The van der Waals surface area contributed by atoms with Crippen LogP contribution in [0.3, 0.4) is 0 Å². The molecule has 138 valence electrons. The molecule has 0 aliphatic heterocycles. The summed E-state index contributed by atoms with van der Waals surface area (Å²) in [6.45, 7) is 3.88. The molecule has 0 aromatic carbocycles. The molecule has 0 bridgehead atoms. The molecule has 0 aromatic rings. The maximum atomic E-state index is 10.8. The van der Waals surface area contributed by atoms with Crippen LogP contribution < -0.4 is 0 Å². The van der Waals surface area contributed by atoms with E-state index < -0.39 is 10.7 Å². The van der Waals surface area contributed by atoms with Gasteiger partial charge in [0.15, 0.2) is 0 Å². The molecule has 0 radical (unpaired) electrons. The quantitative estimate of drug-likeness (QED) is 0.273. The molecular formula is C18H31NO2S3. The van der Waals surface area contributed by atoms with Crippen LogP contribution in [-0.2, 0) is 4.79 Å². The molecule has 0 rings (SSSR count). The van der Waals surface area contributed by atoms with Crippen LogP contribution in [-0.4, -0.2) is 25.1 Å². The molecular weight excluding hydrogens is 358 g/mol. The maximum absolute atomic E-state index is 10.8. The Morgan fingerprint density at radius 3 is 2.04 bits per heavy atom. The lowest BCUT2D eigenvalue weighted by Gasteiger charge is -2.18. The van der Waals surface area contributed by atoms with Crippen molar-refractivity contribution in [2.24, 2.45) is 0 Å². The van der Waals surface area contributed by atoms with Gasteiger partial charge in [0, 0.05) is 0 Å². The van der Waals surface area contributed by atoms with E-state index in [0.29, 0.717) is 3.53 Å². The SMILES string of the molecule is CCCCCCCCCCCCSC(=S)SC(C)(C#N)CC(=O)O. The Bertz CT molecular complexity index is 410. The van der Waals surface area contributed by atoms with Crippen molar-refractivity contribution >= 4 is 45.2 Å².